The summed E-state index contributed by atoms with van der Waals surface area (Å²) in [5.41, 5.74) is 1.28. The quantitative estimate of drug-likeness (QED) is 0.796. The number of ether oxygens (including phenoxy) is 1. The Labute approximate surface area is 133 Å². The molecule has 3 heteroatoms. The van der Waals surface area contributed by atoms with Gasteiger partial charge in [-0.25, -0.2) is 0 Å². The molecule has 2 aliphatic rings. The first-order valence-electron chi connectivity index (χ1n) is 8.53. The van der Waals surface area contributed by atoms with Crippen molar-refractivity contribution in [1.82, 2.24) is 4.90 Å². The fraction of sp³-hybridized carbons (Fsp3) is 0.632. The Kier molecular flexibility index (Phi) is 4.53. The summed E-state index contributed by atoms with van der Waals surface area (Å²) in [7, 11) is 0. The van der Waals surface area contributed by atoms with E-state index in [0.29, 0.717) is 12.6 Å². The normalized spacial score (nSPS) is 27.9. The summed E-state index contributed by atoms with van der Waals surface area (Å²) < 4.78 is 5.58. The van der Waals surface area contributed by atoms with Gasteiger partial charge in [-0.1, -0.05) is 30.3 Å². The van der Waals surface area contributed by atoms with Crippen molar-refractivity contribution < 1.29 is 9.53 Å². The minimum Gasteiger partial charge on any atom is -0.461 e. The van der Waals surface area contributed by atoms with Gasteiger partial charge >= 0.3 is 5.97 Å². The van der Waals surface area contributed by atoms with Crippen molar-refractivity contribution in [2.45, 2.75) is 64.1 Å². The van der Waals surface area contributed by atoms with E-state index in [1.165, 1.54) is 19.4 Å². The zero-order valence-corrected chi connectivity index (χ0v) is 13.8. The fourth-order valence-corrected chi connectivity index (χ4v) is 4.06. The molecule has 0 amide bonds. The number of nitrogens with zero attached hydrogens (tertiary/aromatic N) is 1. The highest BCUT2D eigenvalue weighted by molar-refractivity contribution is 5.72. The second-order valence-corrected chi connectivity index (χ2v) is 7.37. The standard InChI is InChI=1S/C19H27NO2/c1-19(2)11-10-16(13-17-9-6-12-20(17)19)18(21)22-14-15-7-4-3-5-8-15/h3-5,7-8,16-17H,6,9-14H2,1-2H3/t16-,17+/m1/s1. The molecule has 22 heavy (non-hydrogen) atoms. The molecule has 0 N–H and O–H groups in total. The predicted molar refractivity (Wildman–Crippen MR) is 87.4 cm³/mol. The van der Waals surface area contributed by atoms with Gasteiger partial charge in [-0.2, -0.15) is 0 Å². The van der Waals surface area contributed by atoms with Crippen molar-refractivity contribution in [1.29, 1.82) is 0 Å². The molecule has 1 aromatic rings. The van der Waals surface area contributed by atoms with Crippen LogP contribution < -0.4 is 0 Å². The second kappa shape index (κ2) is 6.41. The Balaban J connectivity index is 1.61. The molecule has 0 spiro atoms. The van der Waals surface area contributed by atoms with E-state index in [4.69, 9.17) is 4.74 Å². The minimum atomic E-state index is -0.00611. The SMILES string of the molecule is CC1(C)CC[C@@H](C(=O)OCc2ccccc2)C[C@@H]2CCCN21. The average Bonchev–Trinajstić information content (AvgIpc) is 2.95. The van der Waals surface area contributed by atoms with Crippen LogP contribution in [0.3, 0.4) is 0 Å². The average molecular weight is 301 g/mol. The molecular formula is C19H27NO2. The molecule has 120 valence electrons. The van der Waals surface area contributed by atoms with Crippen LogP contribution >= 0.6 is 0 Å². The van der Waals surface area contributed by atoms with E-state index in [2.05, 4.69) is 18.7 Å². The summed E-state index contributed by atoms with van der Waals surface area (Å²) >= 11 is 0. The molecule has 3 rings (SSSR count). The fourth-order valence-electron chi connectivity index (χ4n) is 4.06. The van der Waals surface area contributed by atoms with Crippen molar-refractivity contribution in [2.75, 3.05) is 6.54 Å². The summed E-state index contributed by atoms with van der Waals surface area (Å²) in [5.74, 6) is 0.0597. The summed E-state index contributed by atoms with van der Waals surface area (Å²) in [6.45, 7) is 6.23. The van der Waals surface area contributed by atoms with Crippen LogP contribution in [0.5, 0.6) is 0 Å². The van der Waals surface area contributed by atoms with Gasteiger partial charge in [0.15, 0.2) is 0 Å². The molecular weight excluding hydrogens is 274 g/mol. The Morgan fingerprint density at radius 3 is 2.82 bits per heavy atom. The number of esters is 1. The molecule has 2 atom stereocenters. The monoisotopic (exact) mass is 301 g/mol. The van der Waals surface area contributed by atoms with Crippen LogP contribution in [0.2, 0.25) is 0 Å². The summed E-state index contributed by atoms with van der Waals surface area (Å²) in [4.78, 5) is 15.1. The molecule has 2 fully saturated rings. The van der Waals surface area contributed by atoms with E-state index < -0.39 is 0 Å². The highest BCUT2D eigenvalue weighted by Crippen LogP contribution is 2.38. The molecule has 0 saturated carbocycles. The Morgan fingerprint density at radius 1 is 1.27 bits per heavy atom. The van der Waals surface area contributed by atoms with Gasteiger partial charge in [-0.05, 0) is 58.1 Å². The number of hydrogen-bond acceptors (Lipinski definition) is 3. The lowest BCUT2D eigenvalue weighted by Gasteiger charge is -2.37. The van der Waals surface area contributed by atoms with E-state index in [1.807, 2.05) is 30.3 Å². The number of benzene rings is 1. The molecule has 0 aliphatic carbocycles. The van der Waals surface area contributed by atoms with Crippen molar-refractivity contribution in [2.24, 2.45) is 5.92 Å². The largest absolute Gasteiger partial charge is 0.461 e. The maximum atomic E-state index is 12.5. The van der Waals surface area contributed by atoms with Gasteiger partial charge in [-0.15, -0.1) is 0 Å². The van der Waals surface area contributed by atoms with E-state index in [1.54, 1.807) is 0 Å². The van der Waals surface area contributed by atoms with Crippen molar-refractivity contribution >= 4 is 5.97 Å². The van der Waals surface area contributed by atoms with Crippen LogP contribution in [0.4, 0.5) is 0 Å². The number of hydrogen-bond donors (Lipinski definition) is 0. The number of carbonyl (C=O) groups excluding carboxylic acids is 1. The highest BCUT2D eigenvalue weighted by Gasteiger charge is 2.41. The van der Waals surface area contributed by atoms with Crippen LogP contribution in [0, 0.1) is 5.92 Å². The van der Waals surface area contributed by atoms with Gasteiger partial charge in [0.25, 0.3) is 0 Å². The van der Waals surface area contributed by atoms with Crippen LogP contribution in [0.15, 0.2) is 30.3 Å². The van der Waals surface area contributed by atoms with Crippen molar-refractivity contribution in [3.63, 3.8) is 0 Å². The first-order valence-corrected chi connectivity index (χ1v) is 8.53. The lowest BCUT2D eigenvalue weighted by atomic mass is 9.92. The van der Waals surface area contributed by atoms with E-state index in [0.717, 1.165) is 24.8 Å². The van der Waals surface area contributed by atoms with Gasteiger partial charge < -0.3 is 4.74 Å². The van der Waals surface area contributed by atoms with E-state index >= 15 is 0 Å². The third kappa shape index (κ3) is 3.35. The van der Waals surface area contributed by atoms with Gasteiger partial charge in [-0.3, -0.25) is 9.69 Å². The lowest BCUT2D eigenvalue weighted by Crippen LogP contribution is -2.45. The minimum absolute atomic E-state index is 0.00611. The maximum Gasteiger partial charge on any atom is 0.309 e. The smallest absolute Gasteiger partial charge is 0.309 e. The molecule has 0 aromatic heterocycles. The molecule has 2 saturated heterocycles. The molecule has 2 aliphatic heterocycles. The molecule has 1 aromatic carbocycles. The molecule has 3 nitrogen and oxygen atoms in total. The lowest BCUT2D eigenvalue weighted by molar-refractivity contribution is -0.150. The van der Waals surface area contributed by atoms with Crippen LogP contribution in [0.25, 0.3) is 0 Å². The Morgan fingerprint density at radius 2 is 2.05 bits per heavy atom. The molecule has 0 radical (unpaired) electrons. The van der Waals surface area contributed by atoms with Gasteiger partial charge in [0, 0.05) is 11.6 Å². The summed E-state index contributed by atoms with van der Waals surface area (Å²) in [6.07, 6.45) is 5.49. The topological polar surface area (TPSA) is 29.5 Å². The number of fused-ring (bicyclic) bond motifs is 1. The highest BCUT2D eigenvalue weighted by atomic mass is 16.5. The number of carbonyl (C=O) groups is 1. The van der Waals surface area contributed by atoms with Crippen LogP contribution in [-0.4, -0.2) is 29.0 Å². The summed E-state index contributed by atoms with van der Waals surface area (Å²) in [5, 5.41) is 0. The molecule has 0 bridgehead atoms. The first-order chi connectivity index (χ1) is 10.6. The van der Waals surface area contributed by atoms with Crippen LogP contribution in [0.1, 0.15) is 51.5 Å². The zero-order chi connectivity index (χ0) is 15.6. The third-order valence-electron chi connectivity index (χ3n) is 5.37. The Bertz CT molecular complexity index is 511. The molecule has 2 heterocycles. The first kappa shape index (κ1) is 15.5. The van der Waals surface area contributed by atoms with Crippen molar-refractivity contribution in [3.05, 3.63) is 35.9 Å². The molecule has 0 unspecified atom stereocenters. The predicted octanol–water partition coefficient (Wildman–Crippen LogP) is 3.77. The van der Waals surface area contributed by atoms with E-state index in [-0.39, 0.29) is 17.4 Å². The van der Waals surface area contributed by atoms with E-state index in [9.17, 15) is 4.79 Å². The zero-order valence-electron chi connectivity index (χ0n) is 13.8. The van der Waals surface area contributed by atoms with Gasteiger partial charge in [0.05, 0.1) is 5.92 Å². The Hall–Kier alpha value is -1.35. The second-order valence-electron chi connectivity index (χ2n) is 7.37. The summed E-state index contributed by atoms with van der Waals surface area (Å²) in [6, 6.07) is 10.5. The number of rotatable bonds is 3. The van der Waals surface area contributed by atoms with Gasteiger partial charge in [0.2, 0.25) is 0 Å². The third-order valence-corrected chi connectivity index (χ3v) is 5.37. The maximum absolute atomic E-state index is 12.5. The van der Waals surface area contributed by atoms with Crippen LogP contribution in [-0.2, 0) is 16.1 Å². The van der Waals surface area contributed by atoms with Gasteiger partial charge in [0.1, 0.15) is 6.61 Å². The van der Waals surface area contributed by atoms with Crippen molar-refractivity contribution in [3.8, 4) is 0 Å².